The quantitative estimate of drug-likeness (QED) is 0.433. The first-order chi connectivity index (χ1) is 19.0. The molecule has 2 amide bonds. The van der Waals surface area contributed by atoms with Gasteiger partial charge in [0.15, 0.2) is 11.5 Å². The molecule has 8 nitrogen and oxygen atoms in total. The van der Waals surface area contributed by atoms with Crippen molar-refractivity contribution in [2.75, 3.05) is 34.0 Å². The predicted octanol–water partition coefficient (Wildman–Crippen LogP) is 4.65. The Labute approximate surface area is 228 Å². The van der Waals surface area contributed by atoms with Crippen LogP contribution in [-0.2, 0) is 17.8 Å². The number of carbonyl (C=O) groups is 2. The van der Waals surface area contributed by atoms with Gasteiger partial charge in [0.1, 0.15) is 11.5 Å². The minimum Gasteiger partial charge on any atom is -0.497 e. The van der Waals surface area contributed by atoms with Gasteiger partial charge in [-0.05, 0) is 67.3 Å². The third-order valence-corrected chi connectivity index (χ3v) is 7.41. The van der Waals surface area contributed by atoms with Crippen molar-refractivity contribution in [3.8, 4) is 23.0 Å². The van der Waals surface area contributed by atoms with Crippen LogP contribution < -0.4 is 24.3 Å². The number of hydrogen-bond donors (Lipinski definition) is 1. The largest absolute Gasteiger partial charge is 0.497 e. The van der Waals surface area contributed by atoms with Crippen LogP contribution in [0.4, 0.5) is 0 Å². The van der Waals surface area contributed by atoms with E-state index in [-0.39, 0.29) is 18.4 Å². The maximum Gasteiger partial charge on any atom is 0.254 e. The van der Waals surface area contributed by atoms with Gasteiger partial charge in [0.2, 0.25) is 5.91 Å². The number of methoxy groups -OCH3 is 2. The lowest BCUT2D eigenvalue weighted by atomic mass is 9.75. The van der Waals surface area contributed by atoms with Crippen molar-refractivity contribution >= 4 is 11.8 Å². The fourth-order valence-corrected chi connectivity index (χ4v) is 5.64. The summed E-state index contributed by atoms with van der Waals surface area (Å²) in [5.41, 5.74) is 4.09. The van der Waals surface area contributed by atoms with Crippen LogP contribution in [0, 0.1) is 0 Å². The summed E-state index contributed by atoms with van der Waals surface area (Å²) in [4.78, 5) is 29.5. The second-order valence-electron chi connectivity index (χ2n) is 9.52. The molecule has 2 aliphatic rings. The topological polar surface area (TPSA) is 86.3 Å². The maximum atomic E-state index is 14.0. The average Bonchev–Trinajstić information content (AvgIpc) is 2.96. The summed E-state index contributed by atoms with van der Waals surface area (Å²) in [6.45, 7) is 5.63. The monoisotopic (exact) mass is 530 g/mol. The predicted molar refractivity (Wildman–Crippen MR) is 147 cm³/mol. The molecule has 0 saturated carbocycles. The summed E-state index contributed by atoms with van der Waals surface area (Å²) in [6.07, 6.45) is 0.670. The highest BCUT2D eigenvalue weighted by Crippen LogP contribution is 2.48. The number of rotatable bonds is 9. The number of fused-ring (bicyclic) bond motifs is 4. The van der Waals surface area contributed by atoms with Gasteiger partial charge in [-0.2, -0.15) is 0 Å². The minimum atomic E-state index is -0.602. The highest BCUT2D eigenvalue weighted by atomic mass is 16.5. The van der Waals surface area contributed by atoms with E-state index in [2.05, 4.69) is 5.32 Å². The number of hydrogen-bond acceptors (Lipinski definition) is 6. The highest BCUT2D eigenvalue weighted by Gasteiger charge is 2.46. The average molecular weight is 531 g/mol. The number of amides is 2. The van der Waals surface area contributed by atoms with E-state index in [0.29, 0.717) is 54.7 Å². The van der Waals surface area contributed by atoms with Gasteiger partial charge >= 0.3 is 0 Å². The molecule has 1 N–H and O–H groups in total. The van der Waals surface area contributed by atoms with Gasteiger partial charge in [-0.15, -0.1) is 0 Å². The Hall–Kier alpha value is -4.20. The van der Waals surface area contributed by atoms with E-state index in [0.717, 1.165) is 22.3 Å². The Morgan fingerprint density at radius 1 is 0.923 bits per heavy atom. The SMILES string of the molecule is CCOc1cc2c(cc1OCC)[C@@H]1[C@@H](C(=O)NCc3ccc(OC)cc3OC)c3ccccc3C(=O)N1CC2. The molecule has 3 aromatic rings. The maximum absolute atomic E-state index is 14.0. The number of nitrogens with zero attached hydrogens (tertiary/aromatic N) is 1. The molecule has 2 heterocycles. The van der Waals surface area contributed by atoms with Gasteiger partial charge in [-0.1, -0.05) is 18.2 Å². The lowest BCUT2D eigenvalue weighted by Crippen LogP contribution is -2.50. The van der Waals surface area contributed by atoms with Crippen molar-refractivity contribution in [2.24, 2.45) is 0 Å². The lowest BCUT2D eigenvalue weighted by Gasteiger charge is -2.45. The molecule has 0 fully saturated rings. The molecule has 2 atom stereocenters. The Balaban J connectivity index is 1.55. The van der Waals surface area contributed by atoms with Crippen LogP contribution in [0.2, 0.25) is 0 Å². The molecular weight excluding hydrogens is 496 g/mol. The molecule has 0 aliphatic carbocycles. The molecule has 39 heavy (non-hydrogen) atoms. The zero-order valence-electron chi connectivity index (χ0n) is 22.8. The zero-order chi connectivity index (χ0) is 27.5. The highest BCUT2D eigenvalue weighted by molar-refractivity contribution is 6.01. The summed E-state index contributed by atoms with van der Waals surface area (Å²) >= 11 is 0. The zero-order valence-corrected chi connectivity index (χ0v) is 22.8. The van der Waals surface area contributed by atoms with Crippen LogP contribution in [-0.4, -0.2) is 50.7 Å². The third kappa shape index (κ3) is 4.87. The Kier molecular flexibility index (Phi) is 7.63. The summed E-state index contributed by atoms with van der Waals surface area (Å²) in [7, 11) is 3.19. The second-order valence-corrected chi connectivity index (χ2v) is 9.52. The van der Waals surface area contributed by atoms with Gasteiger partial charge in [0.25, 0.3) is 5.91 Å². The van der Waals surface area contributed by atoms with Crippen LogP contribution in [0.5, 0.6) is 23.0 Å². The van der Waals surface area contributed by atoms with Crippen LogP contribution in [0.15, 0.2) is 54.6 Å². The molecule has 2 aliphatic heterocycles. The number of carbonyl (C=O) groups excluding carboxylic acids is 2. The molecule has 0 unspecified atom stereocenters. The molecule has 0 bridgehead atoms. The van der Waals surface area contributed by atoms with Crippen LogP contribution in [0.3, 0.4) is 0 Å². The molecule has 0 spiro atoms. The van der Waals surface area contributed by atoms with Gasteiger partial charge in [-0.3, -0.25) is 9.59 Å². The van der Waals surface area contributed by atoms with Crippen LogP contribution in [0.25, 0.3) is 0 Å². The van der Waals surface area contributed by atoms with Gasteiger partial charge < -0.3 is 29.2 Å². The Morgan fingerprint density at radius 3 is 2.38 bits per heavy atom. The molecule has 5 rings (SSSR count). The van der Waals surface area contributed by atoms with Crippen molar-refractivity contribution in [1.82, 2.24) is 10.2 Å². The number of ether oxygens (including phenoxy) is 4. The fraction of sp³-hybridized carbons (Fsp3) is 0.355. The molecule has 204 valence electrons. The number of benzene rings is 3. The van der Waals surface area contributed by atoms with Crippen molar-refractivity contribution < 1.29 is 28.5 Å². The van der Waals surface area contributed by atoms with Gasteiger partial charge in [0, 0.05) is 30.3 Å². The minimum absolute atomic E-state index is 0.0611. The van der Waals surface area contributed by atoms with E-state index in [1.54, 1.807) is 26.4 Å². The molecule has 0 saturated heterocycles. The summed E-state index contributed by atoms with van der Waals surface area (Å²) in [5.74, 6) is 1.78. The fourth-order valence-electron chi connectivity index (χ4n) is 5.64. The normalized spacial score (nSPS) is 17.4. The molecular formula is C31H34N2O6. The van der Waals surface area contributed by atoms with Crippen molar-refractivity contribution in [2.45, 2.75) is 38.8 Å². The van der Waals surface area contributed by atoms with Gasteiger partial charge in [-0.25, -0.2) is 0 Å². The molecule has 8 heteroatoms. The Bertz CT molecular complexity index is 1390. The summed E-state index contributed by atoms with van der Waals surface area (Å²) in [5, 5.41) is 3.12. The van der Waals surface area contributed by atoms with Crippen LogP contribution in [0.1, 0.15) is 58.4 Å². The van der Waals surface area contributed by atoms with Crippen molar-refractivity contribution in [1.29, 1.82) is 0 Å². The van der Waals surface area contributed by atoms with E-state index in [4.69, 9.17) is 18.9 Å². The van der Waals surface area contributed by atoms with E-state index in [1.165, 1.54) is 0 Å². The standard InChI is InChI=1S/C31H34N2O6/c1-5-38-26-15-19-13-14-33-29(24(19)17-27(26)39-6-2)28(22-9-7-8-10-23(22)31(33)35)30(34)32-18-20-11-12-21(36-3)16-25(20)37-4/h7-12,15-17,28-29H,5-6,13-14,18H2,1-4H3,(H,32,34)/t28-,29+/m0/s1. The van der Waals surface area contributed by atoms with Crippen molar-refractivity contribution in [3.05, 3.63) is 82.4 Å². The summed E-state index contributed by atoms with van der Waals surface area (Å²) < 4.78 is 22.6. The smallest absolute Gasteiger partial charge is 0.254 e. The van der Waals surface area contributed by atoms with E-state index in [1.807, 2.05) is 61.2 Å². The second kappa shape index (κ2) is 11.3. The first-order valence-electron chi connectivity index (χ1n) is 13.3. The van der Waals surface area contributed by atoms with E-state index >= 15 is 0 Å². The Morgan fingerprint density at radius 2 is 1.67 bits per heavy atom. The van der Waals surface area contributed by atoms with E-state index in [9.17, 15) is 9.59 Å². The first kappa shape index (κ1) is 26.4. The molecule has 0 aromatic heterocycles. The summed E-state index contributed by atoms with van der Waals surface area (Å²) in [6, 6.07) is 16.4. The lowest BCUT2D eigenvalue weighted by molar-refractivity contribution is -0.124. The van der Waals surface area contributed by atoms with E-state index < -0.39 is 12.0 Å². The molecule has 3 aromatic carbocycles. The van der Waals surface area contributed by atoms with Crippen molar-refractivity contribution in [3.63, 3.8) is 0 Å². The first-order valence-corrected chi connectivity index (χ1v) is 13.3. The van der Waals surface area contributed by atoms with Gasteiger partial charge in [0.05, 0.1) is 39.4 Å². The third-order valence-electron chi connectivity index (χ3n) is 7.41. The van der Waals surface area contributed by atoms with Crippen LogP contribution >= 0.6 is 0 Å². The number of nitrogens with one attached hydrogen (secondary N) is 1. The molecule has 0 radical (unpaired) electrons.